The minimum atomic E-state index is -4.65. The fourth-order valence-corrected chi connectivity index (χ4v) is 2.78. The molecule has 1 heterocycles. The van der Waals surface area contributed by atoms with Crippen LogP contribution in [0.3, 0.4) is 0 Å². The SMILES string of the molecule is O=C(CCC1CCNC(=O)CC1)CNc1cc(F)cc(C(F)(F)F)c1. The number of halogens is 4. The molecule has 1 aliphatic rings. The van der Waals surface area contributed by atoms with Crippen LogP contribution in [0.5, 0.6) is 0 Å². The Kier molecular flexibility index (Phi) is 6.39. The van der Waals surface area contributed by atoms with Crippen molar-refractivity contribution in [2.45, 2.75) is 38.3 Å². The van der Waals surface area contributed by atoms with E-state index < -0.39 is 17.6 Å². The van der Waals surface area contributed by atoms with E-state index in [-0.39, 0.29) is 36.3 Å². The van der Waals surface area contributed by atoms with Gasteiger partial charge in [-0.1, -0.05) is 0 Å². The number of nitrogens with one attached hydrogen (secondary N) is 2. The van der Waals surface area contributed by atoms with E-state index in [1.165, 1.54) is 0 Å². The fourth-order valence-electron chi connectivity index (χ4n) is 2.78. The van der Waals surface area contributed by atoms with E-state index in [1.807, 2.05) is 0 Å². The summed E-state index contributed by atoms with van der Waals surface area (Å²) in [5, 5.41) is 5.32. The lowest BCUT2D eigenvalue weighted by molar-refractivity contribution is -0.137. The third-order valence-corrected chi connectivity index (χ3v) is 4.20. The van der Waals surface area contributed by atoms with Crippen molar-refractivity contribution in [3.63, 3.8) is 0 Å². The predicted molar refractivity (Wildman–Crippen MR) is 84.5 cm³/mol. The van der Waals surface area contributed by atoms with Gasteiger partial charge in [0.2, 0.25) is 5.91 Å². The lowest BCUT2D eigenvalue weighted by atomic mass is 9.94. The molecule has 1 aromatic rings. The van der Waals surface area contributed by atoms with Gasteiger partial charge in [-0.25, -0.2) is 4.39 Å². The molecule has 1 aliphatic heterocycles. The van der Waals surface area contributed by atoms with Crippen molar-refractivity contribution in [2.24, 2.45) is 5.92 Å². The summed E-state index contributed by atoms with van der Waals surface area (Å²) in [6, 6.07) is 2.11. The lowest BCUT2D eigenvalue weighted by Crippen LogP contribution is -2.21. The number of ketones is 1. The Labute approximate surface area is 143 Å². The molecule has 2 N–H and O–H groups in total. The van der Waals surface area contributed by atoms with E-state index in [2.05, 4.69) is 10.6 Å². The summed E-state index contributed by atoms with van der Waals surface area (Å²) in [7, 11) is 0. The topological polar surface area (TPSA) is 58.2 Å². The number of rotatable bonds is 6. The molecule has 1 amide bonds. The number of hydrogen-bond donors (Lipinski definition) is 2. The van der Waals surface area contributed by atoms with E-state index >= 15 is 0 Å². The van der Waals surface area contributed by atoms with Crippen LogP contribution in [0.4, 0.5) is 23.2 Å². The highest BCUT2D eigenvalue weighted by molar-refractivity contribution is 5.83. The number of alkyl halides is 3. The molecule has 4 nitrogen and oxygen atoms in total. The number of carbonyl (C=O) groups excluding carboxylic acids is 2. The maximum absolute atomic E-state index is 13.3. The van der Waals surface area contributed by atoms with Crippen LogP contribution in [0.1, 0.15) is 37.7 Å². The number of amides is 1. The van der Waals surface area contributed by atoms with Crippen molar-refractivity contribution in [2.75, 3.05) is 18.4 Å². The van der Waals surface area contributed by atoms with Gasteiger partial charge in [-0.15, -0.1) is 0 Å². The third-order valence-electron chi connectivity index (χ3n) is 4.20. The first-order chi connectivity index (χ1) is 11.7. The van der Waals surface area contributed by atoms with E-state index in [4.69, 9.17) is 0 Å². The highest BCUT2D eigenvalue weighted by Gasteiger charge is 2.31. The highest BCUT2D eigenvalue weighted by atomic mass is 19.4. The van der Waals surface area contributed by atoms with E-state index in [0.29, 0.717) is 25.5 Å². The van der Waals surface area contributed by atoms with Gasteiger partial charge < -0.3 is 10.6 Å². The first kappa shape index (κ1) is 19.2. The summed E-state index contributed by atoms with van der Waals surface area (Å²) >= 11 is 0. The molecule has 0 saturated carbocycles. The molecule has 1 aromatic carbocycles. The Morgan fingerprint density at radius 2 is 2.00 bits per heavy atom. The van der Waals surface area contributed by atoms with Gasteiger partial charge in [-0.05, 0) is 43.4 Å². The molecular weight excluding hydrogens is 340 g/mol. The van der Waals surface area contributed by atoms with Crippen LogP contribution in [-0.4, -0.2) is 24.8 Å². The van der Waals surface area contributed by atoms with Gasteiger partial charge in [0.15, 0.2) is 5.78 Å². The molecule has 1 unspecified atom stereocenters. The monoisotopic (exact) mass is 360 g/mol. The Bertz CT molecular complexity index is 632. The Hall–Kier alpha value is -2.12. The number of benzene rings is 1. The molecule has 0 spiro atoms. The van der Waals surface area contributed by atoms with Gasteiger partial charge in [0.05, 0.1) is 12.1 Å². The van der Waals surface area contributed by atoms with Gasteiger partial charge in [0.1, 0.15) is 5.82 Å². The van der Waals surface area contributed by atoms with Gasteiger partial charge in [0, 0.05) is 25.1 Å². The summed E-state index contributed by atoms with van der Waals surface area (Å²) in [5.41, 5.74) is -1.18. The largest absolute Gasteiger partial charge is 0.416 e. The van der Waals surface area contributed by atoms with Gasteiger partial charge in [0.25, 0.3) is 0 Å². The molecule has 0 bridgehead atoms. The highest BCUT2D eigenvalue weighted by Crippen LogP contribution is 2.31. The number of anilines is 1. The normalized spacial score (nSPS) is 18.4. The van der Waals surface area contributed by atoms with Crippen molar-refractivity contribution in [1.29, 1.82) is 0 Å². The fraction of sp³-hybridized carbons (Fsp3) is 0.529. The van der Waals surface area contributed by atoms with Crippen LogP contribution >= 0.6 is 0 Å². The third kappa shape index (κ3) is 6.36. The molecule has 0 aliphatic carbocycles. The number of carbonyl (C=O) groups is 2. The van der Waals surface area contributed by atoms with Crippen molar-refractivity contribution in [3.05, 3.63) is 29.6 Å². The van der Waals surface area contributed by atoms with Crippen LogP contribution < -0.4 is 10.6 Å². The smallest absolute Gasteiger partial charge is 0.378 e. The molecule has 8 heteroatoms. The molecule has 1 atom stereocenters. The Morgan fingerprint density at radius 3 is 2.72 bits per heavy atom. The predicted octanol–water partition coefficient (Wildman–Crippen LogP) is 3.52. The summed E-state index contributed by atoms with van der Waals surface area (Å²) in [5.74, 6) is -0.891. The molecule has 1 saturated heterocycles. The van der Waals surface area contributed by atoms with Crippen LogP contribution in [-0.2, 0) is 15.8 Å². The second-order valence-corrected chi connectivity index (χ2v) is 6.20. The number of Topliss-reactive ketones (excluding diaryl/α,β-unsaturated/α-hetero) is 1. The van der Waals surface area contributed by atoms with Crippen molar-refractivity contribution in [1.82, 2.24) is 5.32 Å². The summed E-state index contributed by atoms with van der Waals surface area (Å²) < 4.78 is 51.2. The van der Waals surface area contributed by atoms with Crippen molar-refractivity contribution >= 4 is 17.4 Å². The van der Waals surface area contributed by atoms with E-state index in [0.717, 1.165) is 25.0 Å². The summed E-state index contributed by atoms with van der Waals surface area (Å²) in [6.07, 6.45) is -1.76. The lowest BCUT2D eigenvalue weighted by Gasteiger charge is -2.13. The number of hydrogen-bond acceptors (Lipinski definition) is 3. The maximum Gasteiger partial charge on any atom is 0.416 e. The average Bonchev–Trinajstić information content (AvgIpc) is 2.74. The first-order valence-corrected chi connectivity index (χ1v) is 8.14. The van der Waals surface area contributed by atoms with Crippen LogP contribution in [0.15, 0.2) is 18.2 Å². The van der Waals surface area contributed by atoms with Crippen LogP contribution in [0.2, 0.25) is 0 Å². The molecule has 25 heavy (non-hydrogen) atoms. The minimum Gasteiger partial charge on any atom is -0.378 e. The zero-order valence-electron chi connectivity index (χ0n) is 13.6. The summed E-state index contributed by atoms with van der Waals surface area (Å²) in [6.45, 7) is 0.435. The van der Waals surface area contributed by atoms with Gasteiger partial charge in [-0.3, -0.25) is 9.59 Å². The zero-order valence-corrected chi connectivity index (χ0v) is 13.6. The van der Waals surface area contributed by atoms with Crippen LogP contribution in [0, 0.1) is 11.7 Å². The molecule has 2 rings (SSSR count). The Balaban J connectivity index is 1.82. The van der Waals surface area contributed by atoms with Crippen LogP contribution in [0.25, 0.3) is 0 Å². The summed E-state index contributed by atoms with van der Waals surface area (Å²) in [4.78, 5) is 23.2. The first-order valence-electron chi connectivity index (χ1n) is 8.14. The molecule has 138 valence electrons. The molecule has 0 radical (unpaired) electrons. The second-order valence-electron chi connectivity index (χ2n) is 6.20. The standard InChI is InChI=1S/C17H20F4N2O2/c18-13-7-12(17(19,20)21)8-14(9-13)23-10-15(24)3-1-11-2-4-16(25)22-6-5-11/h7-9,11,23H,1-6,10H2,(H,22,25). The molecule has 1 fully saturated rings. The van der Waals surface area contributed by atoms with Gasteiger partial charge >= 0.3 is 6.18 Å². The quantitative estimate of drug-likeness (QED) is 0.763. The second kappa shape index (κ2) is 8.31. The zero-order chi connectivity index (χ0) is 18.4. The Morgan fingerprint density at radius 1 is 1.24 bits per heavy atom. The minimum absolute atomic E-state index is 0.0158. The van der Waals surface area contributed by atoms with E-state index in [9.17, 15) is 27.2 Å². The van der Waals surface area contributed by atoms with Crippen molar-refractivity contribution in [3.8, 4) is 0 Å². The van der Waals surface area contributed by atoms with Crippen molar-refractivity contribution < 1.29 is 27.2 Å². The molecular formula is C17H20F4N2O2. The van der Waals surface area contributed by atoms with E-state index in [1.54, 1.807) is 0 Å². The molecule has 0 aromatic heterocycles. The average molecular weight is 360 g/mol. The van der Waals surface area contributed by atoms with Gasteiger partial charge in [-0.2, -0.15) is 13.2 Å². The maximum atomic E-state index is 13.3.